The Balaban J connectivity index is 0.000000606. The van der Waals surface area contributed by atoms with E-state index < -0.39 is 0 Å². The third kappa shape index (κ3) is 2.52. The fourth-order valence-electron chi connectivity index (χ4n) is 1.52. The van der Waals surface area contributed by atoms with E-state index in [2.05, 4.69) is 5.10 Å². The van der Waals surface area contributed by atoms with Gasteiger partial charge in [-0.1, -0.05) is 26.0 Å². The molecular formula is C12H19N3O. The highest BCUT2D eigenvalue weighted by molar-refractivity contribution is 5.89. The highest BCUT2D eigenvalue weighted by atomic mass is 16.5. The Bertz CT molecular complexity index is 437. The Labute approximate surface area is 96.0 Å². The topological polar surface area (TPSA) is 53.1 Å². The van der Waals surface area contributed by atoms with Gasteiger partial charge in [0.1, 0.15) is 0 Å². The standard InChI is InChI=1S/C10H13N3O.C2H6/c1-14-6-5-13-10-8(7-12-13)3-2-4-9(10)11;1-2/h2-4,7H,5-6,11H2,1H3;1-2H3. The molecular weight excluding hydrogens is 202 g/mol. The van der Waals surface area contributed by atoms with Crippen LogP contribution in [0.1, 0.15) is 13.8 Å². The average molecular weight is 221 g/mol. The van der Waals surface area contributed by atoms with E-state index in [0.29, 0.717) is 6.61 Å². The summed E-state index contributed by atoms with van der Waals surface area (Å²) in [6.45, 7) is 5.37. The van der Waals surface area contributed by atoms with Crippen molar-refractivity contribution in [3.05, 3.63) is 24.4 Å². The zero-order chi connectivity index (χ0) is 12.0. The second-order valence-corrected chi connectivity index (χ2v) is 3.15. The van der Waals surface area contributed by atoms with E-state index in [1.165, 1.54) is 0 Å². The number of nitrogens with two attached hydrogens (primary N) is 1. The van der Waals surface area contributed by atoms with E-state index in [-0.39, 0.29) is 0 Å². The second kappa shape index (κ2) is 6.12. The molecule has 0 saturated carbocycles. The molecule has 1 aromatic heterocycles. The number of aromatic nitrogens is 2. The van der Waals surface area contributed by atoms with Crippen molar-refractivity contribution in [2.45, 2.75) is 20.4 Å². The lowest BCUT2D eigenvalue weighted by molar-refractivity contribution is 0.185. The number of fused-ring (bicyclic) bond motifs is 1. The summed E-state index contributed by atoms with van der Waals surface area (Å²) in [5, 5.41) is 5.32. The number of rotatable bonds is 3. The van der Waals surface area contributed by atoms with Gasteiger partial charge in [-0.3, -0.25) is 4.68 Å². The van der Waals surface area contributed by atoms with Crippen molar-refractivity contribution in [1.29, 1.82) is 0 Å². The van der Waals surface area contributed by atoms with Crippen LogP contribution in [0, 0.1) is 0 Å². The van der Waals surface area contributed by atoms with E-state index in [1.807, 2.05) is 42.9 Å². The summed E-state index contributed by atoms with van der Waals surface area (Å²) < 4.78 is 6.87. The van der Waals surface area contributed by atoms with Crippen LogP contribution >= 0.6 is 0 Å². The number of anilines is 1. The number of hydrogen-bond donors (Lipinski definition) is 1. The first-order valence-corrected chi connectivity index (χ1v) is 5.52. The minimum absolute atomic E-state index is 0.644. The van der Waals surface area contributed by atoms with Crippen LogP contribution < -0.4 is 5.73 Å². The van der Waals surface area contributed by atoms with Crippen LogP contribution in [-0.4, -0.2) is 23.5 Å². The number of methoxy groups -OCH3 is 1. The van der Waals surface area contributed by atoms with Crippen molar-refractivity contribution in [2.75, 3.05) is 19.5 Å². The highest BCUT2D eigenvalue weighted by Crippen LogP contribution is 2.19. The molecule has 1 heterocycles. The summed E-state index contributed by atoms with van der Waals surface area (Å²) in [5.74, 6) is 0. The molecule has 0 amide bonds. The molecule has 1 aromatic carbocycles. The summed E-state index contributed by atoms with van der Waals surface area (Å²) in [7, 11) is 1.68. The maximum atomic E-state index is 5.87. The van der Waals surface area contributed by atoms with Gasteiger partial charge in [0.25, 0.3) is 0 Å². The lowest BCUT2D eigenvalue weighted by atomic mass is 10.2. The first-order chi connectivity index (χ1) is 7.83. The van der Waals surface area contributed by atoms with E-state index in [0.717, 1.165) is 23.1 Å². The zero-order valence-electron chi connectivity index (χ0n) is 10.1. The van der Waals surface area contributed by atoms with Gasteiger partial charge in [-0.25, -0.2) is 0 Å². The molecule has 2 aromatic rings. The van der Waals surface area contributed by atoms with Gasteiger partial charge in [-0.05, 0) is 6.07 Å². The van der Waals surface area contributed by atoms with Crippen LogP contribution in [0.25, 0.3) is 10.9 Å². The lowest BCUT2D eigenvalue weighted by Crippen LogP contribution is -2.06. The van der Waals surface area contributed by atoms with Gasteiger partial charge in [0.05, 0.1) is 30.6 Å². The molecule has 4 heteroatoms. The Morgan fingerprint density at radius 3 is 2.81 bits per heavy atom. The number of nitrogens with zero attached hydrogens (tertiary/aromatic N) is 2. The molecule has 2 rings (SSSR count). The van der Waals surface area contributed by atoms with Crippen molar-refractivity contribution in [2.24, 2.45) is 0 Å². The minimum atomic E-state index is 0.644. The number of nitrogen functional groups attached to an aromatic ring is 1. The van der Waals surface area contributed by atoms with Gasteiger partial charge >= 0.3 is 0 Å². The number of hydrogen-bond acceptors (Lipinski definition) is 3. The summed E-state index contributed by atoms with van der Waals surface area (Å²) in [4.78, 5) is 0. The van der Waals surface area contributed by atoms with E-state index in [1.54, 1.807) is 7.11 Å². The molecule has 0 radical (unpaired) electrons. The molecule has 4 nitrogen and oxygen atoms in total. The molecule has 0 spiro atoms. The van der Waals surface area contributed by atoms with Gasteiger partial charge in [-0.15, -0.1) is 0 Å². The summed E-state index contributed by atoms with van der Waals surface area (Å²) in [6, 6.07) is 5.81. The summed E-state index contributed by atoms with van der Waals surface area (Å²) >= 11 is 0. The van der Waals surface area contributed by atoms with Crippen LogP contribution in [0.15, 0.2) is 24.4 Å². The van der Waals surface area contributed by atoms with Crippen molar-refractivity contribution in [1.82, 2.24) is 9.78 Å². The molecule has 0 fully saturated rings. The molecule has 0 atom stereocenters. The van der Waals surface area contributed by atoms with E-state index in [9.17, 15) is 0 Å². The molecule has 0 unspecified atom stereocenters. The summed E-state index contributed by atoms with van der Waals surface area (Å²) in [5.41, 5.74) is 7.62. The Hall–Kier alpha value is -1.55. The van der Waals surface area contributed by atoms with Gasteiger partial charge in [0, 0.05) is 12.5 Å². The van der Waals surface area contributed by atoms with Gasteiger partial charge in [0.2, 0.25) is 0 Å². The second-order valence-electron chi connectivity index (χ2n) is 3.15. The van der Waals surface area contributed by atoms with Crippen molar-refractivity contribution in [3.63, 3.8) is 0 Å². The Morgan fingerprint density at radius 1 is 1.38 bits per heavy atom. The van der Waals surface area contributed by atoms with E-state index >= 15 is 0 Å². The van der Waals surface area contributed by atoms with Crippen LogP contribution in [0.3, 0.4) is 0 Å². The molecule has 16 heavy (non-hydrogen) atoms. The highest BCUT2D eigenvalue weighted by Gasteiger charge is 2.04. The number of ether oxygens (including phenoxy) is 1. The minimum Gasteiger partial charge on any atom is -0.397 e. The molecule has 2 N–H and O–H groups in total. The third-order valence-corrected chi connectivity index (χ3v) is 2.20. The smallest absolute Gasteiger partial charge is 0.0912 e. The largest absolute Gasteiger partial charge is 0.397 e. The Morgan fingerprint density at radius 2 is 2.12 bits per heavy atom. The van der Waals surface area contributed by atoms with Gasteiger partial charge in [-0.2, -0.15) is 5.10 Å². The van der Waals surface area contributed by atoms with Crippen LogP contribution in [0.5, 0.6) is 0 Å². The fraction of sp³-hybridized carbons (Fsp3) is 0.417. The first kappa shape index (κ1) is 12.5. The molecule has 0 aliphatic heterocycles. The van der Waals surface area contributed by atoms with Gasteiger partial charge in [0.15, 0.2) is 0 Å². The molecule has 0 aliphatic rings. The maximum absolute atomic E-state index is 5.87. The fourth-order valence-corrected chi connectivity index (χ4v) is 1.52. The average Bonchev–Trinajstić information content (AvgIpc) is 2.74. The molecule has 0 aliphatic carbocycles. The predicted octanol–water partition coefficient (Wildman–Crippen LogP) is 2.29. The summed E-state index contributed by atoms with van der Waals surface area (Å²) in [6.07, 6.45) is 1.82. The monoisotopic (exact) mass is 221 g/mol. The predicted molar refractivity (Wildman–Crippen MR) is 67.4 cm³/mol. The third-order valence-electron chi connectivity index (χ3n) is 2.20. The first-order valence-electron chi connectivity index (χ1n) is 5.52. The zero-order valence-corrected chi connectivity index (χ0v) is 10.1. The van der Waals surface area contributed by atoms with Crippen LogP contribution in [-0.2, 0) is 11.3 Å². The van der Waals surface area contributed by atoms with Gasteiger partial charge < -0.3 is 10.5 Å². The quantitative estimate of drug-likeness (QED) is 0.809. The molecule has 0 bridgehead atoms. The Kier molecular flexibility index (Phi) is 4.79. The SMILES string of the molecule is CC.COCCn1ncc2cccc(N)c21. The van der Waals surface area contributed by atoms with E-state index in [4.69, 9.17) is 10.5 Å². The lowest BCUT2D eigenvalue weighted by Gasteiger charge is -2.04. The van der Waals surface area contributed by atoms with Crippen molar-refractivity contribution >= 4 is 16.6 Å². The van der Waals surface area contributed by atoms with Crippen molar-refractivity contribution < 1.29 is 4.74 Å². The van der Waals surface area contributed by atoms with Crippen LogP contribution in [0.4, 0.5) is 5.69 Å². The number of benzene rings is 1. The van der Waals surface area contributed by atoms with Crippen LogP contribution in [0.2, 0.25) is 0 Å². The van der Waals surface area contributed by atoms with Crippen molar-refractivity contribution in [3.8, 4) is 0 Å². The maximum Gasteiger partial charge on any atom is 0.0912 e. The molecule has 88 valence electrons. The normalized spacial score (nSPS) is 9.94. The molecule has 0 saturated heterocycles. The number of para-hydroxylation sites is 1.